The SMILES string of the molecule is CC(C)Nc1nccc(C(=O)N2CCN(C)CC2)n1. The molecule has 1 aliphatic heterocycles. The molecule has 104 valence electrons. The van der Waals surface area contributed by atoms with Gasteiger partial charge in [-0.15, -0.1) is 0 Å². The van der Waals surface area contributed by atoms with Crippen molar-refractivity contribution in [2.75, 3.05) is 38.5 Å². The number of nitrogens with one attached hydrogen (secondary N) is 1. The van der Waals surface area contributed by atoms with Gasteiger partial charge in [-0.2, -0.15) is 0 Å². The van der Waals surface area contributed by atoms with Crippen molar-refractivity contribution in [1.82, 2.24) is 19.8 Å². The highest BCUT2D eigenvalue weighted by Crippen LogP contribution is 2.08. The largest absolute Gasteiger partial charge is 0.352 e. The number of hydrogen-bond donors (Lipinski definition) is 1. The summed E-state index contributed by atoms with van der Waals surface area (Å²) >= 11 is 0. The van der Waals surface area contributed by atoms with Gasteiger partial charge in [-0.25, -0.2) is 9.97 Å². The predicted octanol–water partition coefficient (Wildman–Crippen LogP) is 0.684. The molecule has 0 aromatic carbocycles. The van der Waals surface area contributed by atoms with Gasteiger partial charge in [-0.1, -0.05) is 0 Å². The molecule has 1 aromatic rings. The normalized spacial score (nSPS) is 16.7. The van der Waals surface area contributed by atoms with Crippen LogP contribution >= 0.6 is 0 Å². The minimum Gasteiger partial charge on any atom is -0.352 e. The number of carbonyl (C=O) groups is 1. The van der Waals surface area contributed by atoms with Gasteiger partial charge in [0.05, 0.1) is 0 Å². The highest BCUT2D eigenvalue weighted by atomic mass is 16.2. The van der Waals surface area contributed by atoms with Gasteiger partial charge in [0.2, 0.25) is 5.95 Å². The standard InChI is InChI=1S/C13H21N5O/c1-10(2)15-13-14-5-4-11(16-13)12(19)18-8-6-17(3)7-9-18/h4-5,10H,6-9H2,1-3H3,(H,14,15,16). The molecule has 1 saturated heterocycles. The van der Waals surface area contributed by atoms with E-state index in [4.69, 9.17) is 0 Å². The maximum absolute atomic E-state index is 12.3. The number of nitrogens with zero attached hydrogens (tertiary/aromatic N) is 4. The lowest BCUT2D eigenvalue weighted by Gasteiger charge is -2.32. The molecule has 0 unspecified atom stereocenters. The molecule has 0 spiro atoms. The van der Waals surface area contributed by atoms with Gasteiger partial charge >= 0.3 is 0 Å². The van der Waals surface area contributed by atoms with Crippen LogP contribution in [-0.2, 0) is 0 Å². The van der Waals surface area contributed by atoms with Crippen molar-refractivity contribution in [3.05, 3.63) is 18.0 Å². The first-order valence-corrected chi connectivity index (χ1v) is 6.63. The first-order chi connectivity index (χ1) is 9.06. The van der Waals surface area contributed by atoms with E-state index in [0.29, 0.717) is 11.6 Å². The molecule has 1 amide bonds. The first kappa shape index (κ1) is 13.7. The molecule has 1 fully saturated rings. The number of amides is 1. The first-order valence-electron chi connectivity index (χ1n) is 6.63. The molecule has 0 bridgehead atoms. The molecule has 0 saturated carbocycles. The Bertz CT molecular complexity index is 440. The molecule has 0 aliphatic carbocycles. The Morgan fingerprint density at radius 2 is 2.00 bits per heavy atom. The molecule has 6 nitrogen and oxygen atoms in total. The van der Waals surface area contributed by atoms with Gasteiger partial charge in [-0.05, 0) is 27.0 Å². The van der Waals surface area contributed by atoms with Crippen LogP contribution in [0.5, 0.6) is 0 Å². The fraction of sp³-hybridized carbons (Fsp3) is 0.615. The van der Waals surface area contributed by atoms with Crippen LogP contribution in [0.25, 0.3) is 0 Å². The third-order valence-corrected chi connectivity index (χ3v) is 3.08. The smallest absolute Gasteiger partial charge is 0.272 e. The van der Waals surface area contributed by atoms with Crippen molar-refractivity contribution in [3.8, 4) is 0 Å². The topological polar surface area (TPSA) is 61.4 Å². The average Bonchev–Trinajstić information content (AvgIpc) is 2.38. The van der Waals surface area contributed by atoms with Gasteiger partial charge in [0.15, 0.2) is 0 Å². The molecule has 0 radical (unpaired) electrons. The van der Waals surface area contributed by atoms with Crippen LogP contribution in [-0.4, -0.2) is 64.9 Å². The minimum absolute atomic E-state index is 0.0118. The molecule has 0 atom stereocenters. The number of likely N-dealkylation sites (N-methyl/N-ethyl adjacent to an activating group) is 1. The van der Waals surface area contributed by atoms with Crippen molar-refractivity contribution >= 4 is 11.9 Å². The second kappa shape index (κ2) is 5.97. The van der Waals surface area contributed by atoms with E-state index in [0.717, 1.165) is 26.2 Å². The van der Waals surface area contributed by atoms with Gasteiger partial charge in [0.1, 0.15) is 5.69 Å². The Balaban J connectivity index is 2.06. The molecule has 1 N–H and O–H groups in total. The molecular weight excluding hydrogens is 242 g/mol. The number of anilines is 1. The Hall–Kier alpha value is -1.69. The summed E-state index contributed by atoms with van der Waals surface area (Å²) in [6, 6.07) is 1.92. The van der Waals surface area contributed by atoms with E-state index < -0.39 is 0 Å². The minimum atomic E-state index is -0.0118. The highest BCUT2D eigenvalue weighted by molar-refractivity contribution is 5.92. The van der Waals surface area contributed by atoms with E-state index in [1.165, 1.54) is 0 Å². The Labute approximate surface area is 113 Å². The summed E-state index contributed by atoms with van der Waals surface area (Å²) < 4.78 is 0. The van der Waals surface area contributed by atoms with E-state index in [1.54, 1.807) is 12.3 Å². The zero-order chi connectivity index (χ0) is 13.8. The fourth-order valence-electron chi connectivity index (χ4n) is 1.98. The molecule has 2 rings (SSSR count). The molecular formula is C13H21N5O. The zero-order valence-corrected chi connectivity index (χ0v) is 11.8. The maximum Gasteiger partial charge on any atom is 0.272 e. The lowest BCUT2D eigenvalue weighted by molar-refractivity contribution is 0.0658. The van der Waals surface area contributed by atoms with Crippen LogP contribution < -0.4 is 5.32 Å². The van der Waals surface area contributed by atoms with E-state index in [-0.39, 0.29) is 11.9 Å². The number of rotatable bonds is 3. The summed E-state index contributed by atoms with van der Waals surface area (Å²) in [5.41, 5.74) is 0.461. The second-order valence-electron chi connectivity index (χ2n) is 5.16. The van der Waals surface area contributed by atoms with Gasteiger partial charge in [0.25, 0.3) is 5.91 Å². The number of hydrogen-bond acceptors (Lipinski definition) is 5. The molecule has 1 aromatic heterocycles. The van der Waals surface area contributed by atoms with Crippen LogP contribution in [0.15, 0.2) is 12.3 Å². The van der Waals surface area contributed by atoms with E-state index in [2.05, 4.69) is 27.2 Å². The Morgan fingerprint density at radius 3 is 2.63 bits per heavy atom. The van der Waals surface area contributed by atoms with Crippen molar-refractivity contribution in [2.45, 2.75) is 19.9 Å². The van der Waals surface area contributed by atoms with E-state index >= 15 is 0 Å². The summed E-state index contributed by atoms with van der Waals surface area (Å²) in [5, 5.41) is 3.11. The summed E-state index contributed by atoms with van der Waals surface area (Å²) in [5.74, 6) is 0.497. The van der Waals surface area contributed by atoms with Gasteiger partial charge in [0, 0.05) is 38.4 Å². The summed E-state index contributed by atoms with van der Waals surface area (Å²) in [6.07, 6.45) is 1.63. The van der Waals surface area contributed by atoms with Crippen molar-refractivity contribution in [3.63, 3.8) is 0 Å². The summed E-state index contributed by atoms with van der Waals surface area (Å²) in [7, 11) is 2.07. The van der Waals surface area contributed by atoms with Gasteiger partial charge < -0.3 is 15.1 Å². The maximum atomic E-state index is 12.3. The Morgan fingerprint density at radius 1 is 1.32 bits per heavy atom. The third-order valence-electron chi connectivity index (χ3n) is 3.08. The van der Waals surface area contributed by atoms with E-state index in [9.17, 15) is 4.79 Å². The lowest BCUT2D eigenvalue weighted by atomic mass is 10.3. The number of piperazine rings is 1. The highest BCUT2D eigenvalue weighted by Gasteiger charge is 2.21. The quantitative estimate of drug-likeness (QED) is 0.869. The van der Waals surface area contributed by atoms with E-state index in [1.807, 2.05) is 18.7 Å². The lowest BCUT2D eigenvalue weighted by Crippen LogP contribution is -2.47. The summed E-state index contributed by atoms with van der Waals surface area (Å²) in [6.45, 7) is 7.36. The average molecular weight is 263 g/mol. The van der Waals surface area contributed by atoms with Crippen LogP contribution in [0.4, 0.5) is 5.95 Å². The van der Waals surface area contributed by atoms with Crippen LogP contribution in [0.3, 0.4) is 0 Å². The number of carbonyl (C=O) groups excluding carboxylic acids is 1. The molecule has 1 aliphatic rings. The third kappa shape index (κ3) is 3.64. The summed E-state index contributed by atoms with van der Waals surface area (Å²) in [4.78, 5) is 24.8. The van der Waals surface area contributed by atoms with Crippen molar-refractivity contribution < 1.29 is 4.79 Å². The Kier molecular flexibility index (Phi) is 4.31. The van der Waals surface area contributed by atoms with Crippen LogP contribution in [0.1, 0.15) is 24.3 Å². The molecule has 6 heteroatoms. The van der Waals surface area contributed by atoms with Crippen LogP contribution in [0, 0.1) is 0 Å². The zero-order valence-electron chi connectivity index (χ0n) is 11.8. The fourth-order valence-corrected chi connectivity index (χ4v) is 1.98. The van der Waals surface area contributed by atoms with Crippen molar-refractivity contribution in [2.24, 2.45) is 0 Å². The molecule has 2 heterocycles. The van der Waals surface area contributed by atoms with Crippen LogP contribution in [0.2, 0.25) is 0 Å². The second-order valence-corrected chi connectivity index (χ2v) is 5.16. The monoisotopic (exact) mass is 263 g/mol. The number of aromatic nitrogens is 2. The van der Waals surface area contributed by atoms with Gasteiger partial charge in [-0.3, -0.25) is 4.79 Å². The predicted molar refractivity (Wildman–Crippen MR) is 74.2 cm³/mol. The molecule has 19 heavy (non-hydrogen) atoms. The van der Waals surface area contributed by atoms with Crippen molar-refractivity contribution in [1.29, 1.82) is 0 Å².